The first-order valence-electron chi connectivity index (χ1n) is 12.1. The number of nitrogens with one attached hydrogen (secondary N) is 2. The average molecular weight is 460 g/mol. The third-order valence-electron chi connectivity index (χ3n) is 6.47. The van der Waals surface area contributed by atoms with E-state index in [4.69, 9.17) is 0 Å². The van der Waals surface area contributed by atoms with E-state index in [1.54, 1.807) is 11.0 Å². The van der Waals surface area contributed by atoms with E-state index in [1.165, 1.54) is 0 Å². The van der Waals surface area contributed by atoms with Gasteiger partial charge in [-0.2, -0.15) is 0 Å². The third kappa shape index (κ3) is 5.57. The molecule has 0 saturated heterocycles. The van der Waals surface area contributed by atoms with Gasteiger partial charge >= 0.3 is 0 Å². The summed E-state index contributed by atoms with van der Waals surface area (Å²) in [7, 11) is 0. The fourth-order valence-electron chi connectivity index (χ4n) is 4.62. The molecule has 3 aromatic rings. The number of nitrogens with zero attached hydrogens (tertiary/aromatic N) is 1. The monoisotopic (exact) mass is 459 g/mol. The highest BCUT2D eigenvalue weighted by Gasteiger charge is 2.33. The summed E-state index contributed by atoms with van der Waals surface area (Å²) in [5.74, 6) is -0.431. The van der Waals surface area contributed by atoms with Gasteiger partial charge in [-0.1, -0.05) is 73.0 Å². The van der Waals surface area contributed by atoms with Gasteiger partial charge in [0.05, 0.1) is 0 Å². The number of H-pyrrole nitrogens is 1. The first-order valence-corrected chi connectivity index (χ1v) is 12.1. The van der Waals surface area contributed by atoms with Crippen molar-refractivity contribution in [3.05, 3.63) is 83.6 Å². The summed E-state index contributed by atoms with van der Waals surface area (Å²) in [6, 6.07) is 20.6. The molecule has 6 nitrogen and oxygen atoms in total. The van der Waals surface area contributed by atoms with Crippen molar-refractivity contribution in [1.82, 2.24) is 15.2 Å². The van der Waals surface area contributed by atoms with E-state index >= 15 is 0 Å². The lowest BCUT2D eigenvalue weighted by atomic mass is 10.0. The fourth-order valence-corrected chi connectivity index (χ4v) is 4.62. The number of carbonyl (C=O) groups is 2. The van der Waals surface area contributed by atoms with Crippen LogP contribution in [0.4, 0.5) is 0 Å². The Labute approximate surface area is 201 Å². The van der Waals surface area contributed by atoms with E-state index in [1.807, 2.05) is 67.6 Å². The molecule has 1 aliphatic rings. The minimum absolute atomic E-state index is 0.0609. The van der Waals surface area contributed by atoms with Crippen LogP contribution in [0.25, 0.3) is 11.3 Å². The zero-order valence-corrected chi connectivity index (χ0v) is 19.7. The van der Waals surface area contributed by atoms with E-state index in [0.29, 0.717) is 12.1 Å². The van der Waals surface area contributed by atoms with Gasteiger partial charge in [-0.25, -0.2) is 0 Å². The number of hydrogen-bond acceptors (Lipinski definition) is 3. The van der Waals surface area contributed by atoms with Crippen molar-refractivity contribution >= 4 is 11.8 Å². The zero-order valence-electron chi connectivity index (χ0n) is 19.7. The quantitative estimate of drug-likeness (QED) is 0.437. The molecule has 1 aromatic heterocycles. The number of rotatable bonds is 9. The lowest BCUT2D eigenvalue weighted by Crippen LogP contribution is -2.46. The summed E-state index contributed by atoms with van der Waals surface area (Å²) in [6.45, 7) is 2.20. The molecule has 2 aromatic carbocycles. The minimum Gasteiger partial charge on any atom is -0.396 e. The van der Waals surface area contributed by atoms with Crippen molar-refractivity contribution in [2.75, 3.05) is 13.2 Å². The Morgan fingerprint density at radius 2 is 1.74 bits per heavy atom. The predicted molar refractivity (Wildman–Crippen MR) is 133 cm³/mol. The molecule has 1 saturated carbocycles. The van der Waals surface area contributed by atoms with Crippen LogP contribution in [0, 0.1) is 6.92 Å². The van der Waals surface area contributed by atoms with Crippen LogP contribution in [0.2, 0.25) is 0 Å². The van der Waals surface area contributed by atoms with Gasteiger partial charge in [-0.05, 0) is 49.4 Å². The number of hydrogen-bond donors (Lipinski definition) is 3. The highest BCUT2D eigenvalue weighted by molar-refractivity contribution is 5.97. The molecule has 1 atom stereocenters. The fraction of sp³-hybridized carbons (Fsp3) is 0.357. The lowest BCUT2D eigenvalue weighted by Gasteiger charge is -2.32. The second-order valence-corrected chi connectivity index (χ2v) is 9.03. The van der Waals surface area contributed by atoms with Crippen molar-refractivity contribution < 1.29 is 14.7 Å². The summed E-state index contributed by atoms with van der Waals surface area (Å²) >= 11 is 0. The van der Waals surface area contributed by atoms with E-state index in [-0.39, 0.29) is 31.0 Å². The summed E-state index contributed by atoms with van der Waals surface area (Å²) in [6.07, 6.45) is 4.54. The van der Waals surface area contributed by atoms with Crippen molar-refractivity contribution in [2.24, 2.45) is 0 Å². The Hall–Kier alpha value is -3.38. The van der Waals surface area contributed by atoms with Crippen molar-refractivity contribution in [2.45, 2.75) is 51.1 Å². The highest BCUT2D eigenvalue weighted by Crippen LogP contribution is 2.27. The van der Waals surface area contributed by atoms with Crippen molar-refractivity contribution in [1.29, 1.82) is 0 Å². The van der Waals surface area contributed by atoms with Crippen LogP contribution in [0.15, 0.2) is 66.7 Å². The molecular weight excluding hydrogens is 426 g/mol. The van der Waals surface area contributed by atoms with E-state index in [9.17, 15) is 14.7 Å². The molecule has 178 valence electrons. The highest BCUT2D eigenvalue weighted by atomic mass is 16.3. The van der Waals surface area contributed by atoms with E-state index in [2.05, 4.69) is 10.3 Å². The summed E-state index contributed by atoms with van der Waals surface area (Å²) in [4.78, 5) is 32.1. The topological polar surface area (TPSA) is 85.4 Å². The molecule has 34 heavy (non-hydrogen) atoms. The minimum atomic E-state index is -0.774. The van der Waals surface area contributed by atoms with Crippen LogP contribution >= 0.6 is 0 Å². The van der Waals surface area contributed by atoms with Gasteiger partial charge in [-0.3, -0.25) is 9.59 Å². The number of carbonyl (C=O) groups excluding carboxylic acids is 2. The third-order valence-corrected chi connectivity index (χ3v) is 6.47. The normalized spacial score (nSPS) is 14.6. The van der Waals surface area contributed by atoms with Crippen LogP contribution < -0.4 is 5.32 Å². The number of aromatic nitrogens is 1. The number of aromatic amines is 1. The largest absolute Gasteiger partial charge is 0.396 e. The molecule has 6 heteroatoms. The van der Waals surface area contributed by atoms with E-state index < -0.39 is 6.04 Å². The molecular formula is C28H33N3O3. The molecule has 2 amide bonds. The van der Waals surface area contributed by atoms with Gasteiger partial charge in [-0.15, -0.1) is 0 Å². The molecule has 0 spiro atoms. The maximum absolute atomic E-state index is 13.8. The SMILES string of the molecule is Cc1ccc(C(C(=O)NC2CCCC2)N(CCCO)C(=O)c2ccc(-c3ccccc3)[nH]2)cc1. The maximum atomic E-state index is 13.8. The van der Waals surface area contributed by atoms with Crippen LogP contribution in [-0.4, -0.2) is 46.0 Å². The summed E-state index contributed by atoms with van der Waals surface area (Å²) in [5, 5.41) is 12.7. The Morgan fingerprint density at radius 3 is 2.41 bits per heavy atom. The molecule has 1 heterocycles. The molecule has 0 aliphatic heterocycles. The lowest BCUT2D eigenvalue weighted by molar-refractivity contribution is -0.126. The smallest absolute Gasteiger partial charge is 0.271 e. The summed E-state index contributed by atoms with van der Waals surface area (Å²) in [5.41, 5.74) is 4.10. The van der Waals surface area contributed by atoms with Crippen molar-refractivity contribution in [3.8, 4) is 11.3 Å². The molecule has 3 N–H and O–H groups in total. The van der Waals surface area contributed by atoms with Gasteiger partial charge in [0.1, 0.15) is 11.7 Å². The van der Waals surface area contributed by atoms with E-state index in [0.717, 1.165) is 48.1 Å². The van der Waals surface area contributed by atoms with Crippen LogP contribution in [0.1, 0.15) is 59.8 Å². The van der Waals surface area contributed by atoms with Gasteiger partial charge in [0.2, 0.25) is 5.91 Å². The number of amides is 2. The Bertz CT molecular complexity index is 1090. The zero-order chi connectivity index (χ0) is 23.9. The second-order valence-electron chi connectivity index (χ2n) is 9.03. The molecule has 4 rings (SSSR count). The number of aliphatic hydroxyl groups excluding tert-OH is 1. The van der Waals surface area contributed by atoms with Gasteiger partial charge in [0.25, 0.3) is 5.91 Å². The standard InChI is InChI=1S/C28H33N3O3/c1-20-12-14-22(15-13-20)26(27(33)29-23-10-5-6-11-23)31(18-7-19-32)28(34)25-17-16-24(30-25)21-8-3-2-4-9-21/h2-4,8-9,12-17,23,26,30,32H,5-7,10-11,18-19H2,1H3,(H,29,33). The maximum Gasteiger partial charge on any atom is 0.271 e. The molecule has 1 aliphatic carbocycles. The molecule has 0 bridgehead atoms. The van der Waals surface area contributed by atoms with Gasteiger partial charge in [0, 0.05) is 24.9 Å². The Balaban J connectivity index is 1.66. The van der Waals surface area contributed by atoms with Crippen LogP contribution in [-0.2, 0) is 4.79 Å². The number of aryl methyl sites for hydroxylation is 1. The molecule has 0 radical (unpaired) electrons. The first kappa shape index (κ1) is 23.8. The van der Waals surface area contributed by atoms with Crippen molar-refractivity contribution in [3.63, 3.8) is 0 Å². The summed E-state index contributed by atoms with van der Waals surface area (Å²) < 4.78 is 0. The van der Waals surface area contributed by atoms with Gasteiger partial charge in [0.15, 0.2) is 0 Å². The predicted octanol–water partition coefficient (Wildman–Crippen LogP) is 4.61. The Kier molecular flexibility index (Phi) is 7.80. The Morgan fingerprint density at radius 1 is 1.03 bits per heavy atom. The molecule has 1 fully saturated rings. The van der Waals surface area contributed by atoms with Gasteiger partial charge < -0.3 is 20.3 Å². The van der Waals surface area contributed by atoms with Crippen LogP contribution in [0.3, 0.4) is 0 Å². The first-order chi connectivity index (χ1) is 16.6. The second kappa shape index (κ2) is 11.2. The average Bonchev–Trinajstić information content (AvgIpc) is 3.55. The van der Waals surface area contributed by atoms with Crippen LogP contribution in [0.5, 0.6) is 0 Å². The number of benzene rings is 2. The number of aliphatic hydroxyl groups is 1. The molecule has 1 unspecified atom stereocenters.